The smallest absolute Gasteiger partial charge is 0.238 e. The first kappa shape index (κ1) is 18.7. The molecule has 5 nitrogen and oxygen atoms in total. The van der Waals surface area contributed by atoms with Crippen molar-refractivity contribution >= 4 is 10.0 Å². The molecule has 0 saturated heterocycles. The third-order valence-corrected chi connectivity index (χ3v) is 5.93. The fourth-order valence-corrected chi connectivity index (χ4v) is 4.06. The van der Waals surface area contributed by atoms with Crippen LogP contribution in [0.1, 0.15) is 42.3 Å². The maximum absolute atomic E-state index is 11.5. The number of rotatable bonds is 5. The molecule has 0 aliphatic heterocycles. The van der Waals surface area contributed by atoms with Crippen molar-refractivity contribution in [2.24, 2.45) is 5.14 Å². The third kappa shape index (κ3) is 4.08. The van der Waals surface area contributed by atoms with Gasteiger partial charge in [0, 0.05) is 17.9 Å². The number of hydrogen-bond donors (Lipinski definition) is 1. The molecule has 1 aromatic heterocycles. The lowest BCUT2D eigenvalue weighted by molar-refractivity contribution is 0.517. The second-order valence-corrected chi connectivity index (χ2v) is 8.60. The van der Waals surface area contributed by atoms with Crippen LogP contribution in [-0.2, 0) is 16.4 Å². The van der Waals surface area contributed by atoms with Gasteiger partial charge >= 0.3 is 0 Å². The highest BCUT2D eigenvalue weighted by molar-refractivity contribution is 7.89. The molecule has 3 aromatic rings. The van der Waals surface area contributed by atoms with Crippen molar-refractivity contribution in [2.75, 3.05) is 0 Å². The van der Waals surface area contributed by atoms with Crippen LogP contribution in [0, 0.1) is 0 Å². The lowest BCUT2D eigenvalue weighted by Crippen LogP contribution is -2.11. The Hall–Kier alpha value is -2.70. The summed E-state index contributed by atoms with van der Waals surface area (Å²) in [5.74, 6) is 1.68. The second-order valence-electron chi connectivity index (χ2n) is 7.04. The van der Waals surface area contributed by atoms with Gasteiger partial charge in [0.1, 0.15) is 0 Å². The van der Waals surface area contributed by atoms with Crippen LogP contribution in [0.4, 0.5) is 0 Å². The van der Waals surface area contributed by atoms with Crippen LogP contribution < -0.4 is 5.14 Å². The fourth-order valence-electron chi connectivity index (χ4n) is 3.55. The predicted molar refractivity (Wildman–Crippen MR) is 108 cm³/mol. The Bertz CT molecular complexity index is 1080. The maximum Gasteiger partial charge on any atom is 0.238 e. The Balaban J connectivity index is 1.72. The van der Waals surface area contributed by atoms with Gasteiger partial charge in [-0.3, -0.25) is 0 Å². The first-order valence-electron chi connectivity index (χ1n) is 9.32. The molecule has 0 bridgehead atoms. The van der Waals surface area contributed by atoms with Gasteiger partial charge < -0.3 is 4.42 Å². The molecular formula is C22H22N2O3S. The van der Waals surface area contributed by atoms with Gasteiger partial charge in [0.15, 0.2) is 11.7 Å². The molecule has 6 heteroatoms. The molecule has 4 rings (SSSR count). The number of benzene rings is 2. The summed E-state index contributed by atoms with van der Waals surface area (Å²) in [6.45, 7) is 0. The van der Waals surface area contributed by atoms with E-state index in [1.807, 2.05) is 30.3 Å². The number of nitrogens with zero attached hydrogens (tertiary/aromatic N) is 1. The van der Waals surface area contributed by atoms with Crippen LogP contribution in [0.2, 0.25) is 0 Å². The first-order chi connectivity index (χ1) is 13.5. The van der Waals surface area contributed by atoms with E-state index in [2.05, 4.69) is 12.2 Å². The zero-order valence-electron chi connectivity index (χ0n) is 15.4. The minimum absolute atomic E-state index is 0.0856. The fraction of sp³-hybridized carbons (Fsp3) is 0.227. The highest BCUT2D eigenvalue weighted by Crippen LogP contribution is 2.37. The van der Waals surface area contributed by atoms with E-state index in [9.17, 15) is 8.42 Å². The van der Waals surface area contributed by atoms with E-state index in [1.165, 1.54) is 12.1 Å². The maximum atomic E-state index is 11.5. The van der Waals surface area contributed by atoms with Crippen LogP contribution in [-0.4, -0.2) is 13.4 Å². The Morgan fingerprint density at radius 1 is 1.04 bits per heavy atom. The normalized spacial score (nSPS) is 17.0. The van der Waals surface area contributed by atoms with Crippen molar-refractivity contribution in [2.45, 2.75) is 36.5 Å². The van der Waals surface area contributed by atoms with Crippen LogP contribution in [0.25, 0.3) is 11.3 Å². The van der Waals surface area contributed by atoms with E-state index in [0.29, 0.717) is 24.0 Å². The lowest BCUT2D eigenvalue weighted by Gasteiger charge is -2.16. The summed E-state index contributed by atoms with van der Waals surface area (Å²) in [6.07, 6.45) is 7.98. The largest absolute Gasteiger partial charge is 0.440 e. The van der Waals surface area contributed by atoms with Crippen LogP contribution in [0.5, 0.6) is 0 Å². The van der Waals surface area contributed by atoms with Gasteiger partial charge in [0.2, 0.25) is 10.0 Å². The number of primary sulfonamides is 1. The van der Waals surface area contributed by atoms with Gasteiger partial charge in [0.05, 0.1) is 10.6 Å². The van der Waals surface area contributed by atoms with E-state index in [-0.39, 0.29) is 4.90 Å². The van der Waals surface area contributed by atoms with E-state index in [1.54, 1.807) is 12.1 Å². The predicted octanol–water partition coefficient (Wildman–Crippen LogP) is 4.40. The number of hydrogen-bond acceptors (Lipinski definition) is 4. The summed E-state index contributed by atoms with van der Waals surface area (Å²) >= 11 is 0. The molecule has 1 atom stereocenters. The summed E-state index contributed by atoms with van der Waals surface area (Å²) in [4.78, 5) is 4.92. The number of sulfonamides is 1. The molecule has 0 fully saturated rings. The Morgan fingerprint density at radius 2 is 1.79 bits per heavy atom. The van der Waals surface area contributed by atoms with E-state index in [0.717, 1.165) is 36.1 Å². The van der Waals surface area contributed by atoms with Crippen molar-refractivity contribution < 1.29 is 12.8 Å². The topological polar surface area (TPSA) is 86.2 Å². The molecule has 1 aliphatic carbocycles. The van der Waals surface area contributed by atoms with Crippen LogP contribution >= 0.6 is 0 Å². The average Bonchev–Trinajstić information content (AvgIpc) is 3.13. The Labute approximate surface area is 165 Å². The van der Waals surface area contributed by atoms with Gasteiger partial charge in [-0.2, -0.15) is 0 Å². The Kier molecular flexibility index (Phi) is 5.15. The summed E-state index contributed by atoms with van der Waals surface area (Å²) < 4.78 is 29.2. The standard InChI is InChI=1S/C22H22N2O3S/c23-28(25,26)19-13-11-18(12-14-19)22-21(17-9-5-2-6-10-17)24-20(27-22)15-16-7-3-1-4-8-16/h1-5,7-8,11-14,17H,6,9-10,15H2,(H2,23,25,26). The molecular weight excluding hydrogens is 372 g/mol. The van der Waals surface area contributed by atoms with Crippen molar-refractivity contribution in [3.05, 3.63) is 83.9 Å². The second kappa shape index (κ2) is 7.73. The van der Waals surface area contributed by atoms with E-state index >= 15 is 0 Å². The highest BCUT2D eigenvalue weighted by atomic mass is 32.2. The molecule has 1 unspecified atom stereocenters. The molecule has 0 amide bonds. The highest BCUT2D eigenvalue weighted by Gasteiger charge is 2.24. The zero-order valence-corrected chi connectivity index (χ0v) is 16.2. The van der Waals surface area contributed by atoms with Gasteiger partial charge in [-0.1, -0.05) is 42.5 Å². The summed E-state index contributed by atoms with van der Waals surface area (Å²) in [5, 5.41) is 5.21. The molecule has 28 heavy (non-hydrogen) atoms. The van der Waals surface area contributed by atoms with Crippen molar-refractivity contribution in [1.29, 1.82) is 0 Å². The van der Waals surface area contributed by atoms with E-state index < -0.39 is 10.0 Å². The quantitative estimate of drug-likeness (QED) is 0.650. The van der Waals surface area contributed by atoms with E-state index in [4.69, 9.17) is 14.5 Å². The molecule has 144 valence electrons. The van der Waals surface area contributed by atoms with Gasteiger partial charge in [-0.05, 0) is 49.1 Å². The minimum Gasteiger partial charge on any atom is -0.440 e. The van der Waals surface area contributed by atoms with Crippen LogP contribution in [0.3, 0.4) is 0 Å². The molecule has 2 aromatic carbocycles. The molecule has 1 heterocycles. The average molecular weight is 394 g/mol. The molecule has 0 saturated carbocycles. The van der Waals surface area contributed by atoms with Crippen molar-refractivity contribution in [3.8, 4) is 11.3 Å². The molecule has 0 radical (unpaired) electrons. The Morgan fingerprint density at radius 3 is 2.43 bits per heavy atom. The monoisotopic (exact) mass is 394 g/mol. The zero-order chi connectivity index (χ0) is 19.6. The number of oxazole rings is 1. The van der Waals surface area contributed by atoms with Crippen LogP contribution in [0.15, 0.2) is 76.1 Å². The van der Waals surface area contributed by atoms with Gasteiger partial charge in [-0.15, -0.1) is 0 Å². The molecule has 0 spiro atoms. The van der Waals surface area contributed by atoms with Crippen molar-refractivity contribution in [3.63, 3.8) is 0 Å². The molecule has 2 N–H and O–H groups in total. The first-order valence-corrected chi connectivity index (χ1v) is 10.9. The van der Waals surface area contributed by atoms with Crippen molar-refractivity contribution in [1.82, 2.24) is 4.98 Å². The number of aromatic nitrogens is 1. The minimum atomic E-state index is -3.72. The summed E-state index contributed by atoms with van der Waals surface area (Å²) in [6, 6.07) is 16.6. The lowest BCUT2D eigenvalue weighted by atomic mass is 9.89. The number of nitrogens with two attached hydrogens (primary N) is 1. The summed E-state index contributed by atoms with van der Waals surface area (Å²) in [5.41, 5.74) is 2.89. The SMILES string of the molecule is NS(=O)(=O)c1ccc(-c2oc(Cc3ccccc3)nc2C2CC=CCC2)cc1. The number of allylic oxidation sites excluding steroid dienone is 2. The summed E-state index contributed by atoms with van der Waals surface area (Å²) in [7, 11) is -3.72. The van der Waals surface area contributed by atoms with Gasteiger partial charge in [-0.25, -0.2) is 18.5 Å². The van der Waals surface area contributed by atoms with Gasteiger partial charge in [0.25, 0.3) is 0 Å². The third-order valence-electron chi connectivity index (χ3n) is 5.00. The molecule has 1 aliphatic rings.